The fraction of sp³-hybridized carbons (Fsp3) is 0.854. The third kappa shape index (κ3) is 3.75. The normalized spacial score (nSPS) is 55.5. The predicted molar refractivity (Wildman–Crippen MR) is 183 cm³/mol. The van der Waals surface area contributed by atoms with Crippen molar-refractivity contribution in [3.63, 3.8) is 0 Å². The summed E-state index contributed by atoms with van der Waals surface area (Å²) in [5.41, 5.74) is -9.21. The first-order valence-electron chi connectivity index (χ1n) is 19.6. The summed E-state index contributed by atoms with van der Waals surface area (Å²) in [6.07, 6.45) is 8.47. The van der Waals surface area contributed by atoms with Crippen LogP contribution in [0.2, 0.25) is 0 Å². The van der Waals surface area contributed by atoms with Gasteiger partial charge in [0.25, 0.3) is 0 Å². The Kier molecular flexibility index (Phi) is 7.41. The predicted octanol–water partition coefficient (Wildman–Crippen LogP) is 4.37. The number of hydrogen-bond donors (Lipinski definition) is 4. The summed E-state index contributed by atoms with van der Waals surface area (Å²) < 4.78 is 11.9. The lowest BCUT2D eigenvalue weighted by atomic mass is 9.38. The van der Waals surface area contributed by atoms with E-state index in [1.54, 1.807) is 6.92 Å². The molecule has 10 nitrogen and oxygen atoms in total. The van der Waals surface area contributed by atoms with E-state index in [4.69, 9.17) is 9.47 Å². The molecule has 2 spiro atoms. The quantitative estimate of drug-likeness (QED) is 0.243. The molecule has 282 valence electrons. The number of Topliss-reactive ketones (excluding diaryl/α,β-unsaturated/α-hetero) is 2. The molecule has 4 bridgehead atoms. The number of fused-ring (bicyclic) bond motifs is 6. The number of rotatable bonds is 4. The highest BCUT2D eigenvalue weighted by Gasteiger charge is 2.79. The van der Waals surface area contributed by atoms with Crippen molar-refractivity contribution in [3.8, 4) is 0 Å². The molecule has 4 N–H and O–H groups in total. The fourth-order valence-electron chi connectivity index (χ4n) is 15.3. The fourth-order valence-corrected chi connectivity index (χ4v) is 15.3. The van der Waals surface area contributed by atoms with Gasteiger partial charge in [0, 0.05) is 28.6 Å². The second-order valence-electron chi connectivity index (χ2n) is 19.5. The number of aliphatic hydroxyl groups is 4. The number of carbonyl (C=O) groups excluding carboxylic acids is 4. The molecule has 0 unspecified atom stereocenters. The van der Waals surface area contributed by atoms with E-state index in [1.165, 1.54) is 7.11 Å². The Morgan fingerprint density at radius 1 is 0.824 bits per heavy atom. The van der Waals surface area contributed by atoms with Crippen molar-refractivity contribution in [2.24, 2.45) is 56.2 Å². The third-order valence-electron chi connectivity index (χ3n) is 18.1. The van der Waals surface area contributed by atoms with Crippen molar-refractivity contribution in [2.75, 3.05) is 13.7 Å². The van der Waals surface area contributed by atoms with Crippen LogP contribution in [-0.4, -0.2) is 80.6 Å². The van der Waals surface area contributed by atoms with E-state index in [2.05, 4.69) is 13.8 Å². The van der Waals surface area contributed by atoms with Crippen LogP contribution in [0.1, 0.15) is 125 Å². The maximum atomic E-state index is 15.1. The van der Waals surface area contributed by atoms with Gasteiger partial charge >= 0.3 is 11.9 Å². The van der Waals surface area contributed by atoms with Crippen molar-refractivity contribution >= 4 is 23.5 Å². The minimum atomic E-state index is -2.00. The van der Waals surface area contributed by atoms with Crippen LogP contribution in [-0.2, 0) is 28.7 Å². The molecule has 14 atom stereocenters. The van der Waals surface area contributed by atoms with E-state index < -0.39 is 79.7 Å². The van der Waals surface area contributed by atoms with Gasteiger partial charge in [-0.25, -0.2) is 0 Å². The molecule has 0 aromatic rings. The molecule has 8 rings (SSSR count). The lowest BCUT2D eigenvalue weighted by Crippen LogP contribution is -2.70. The number of methoxy groups -OCH3 is 1. The number of ketones is 2. The van der Waals surface area contributed by atoms with Crippen LogP contribution in [0.3, 0.4) is 0 Å². The molecule has 7 fully saturated rings. The lowest BCUT2D eigenvalue weighted by Gasteiger charge is -2.66. The third-order valence-corrected chi connectivity index (χ3v) is 18.1. The van der Waals surface area contributed by atoms with Gasteiger partial charge in [0.05, 0.1) is 41.7 Å². The van der Waals surface area contributed by atoms with Crippen LogP contribution >= 0.6 is 0 Å². The Morgan fingerprint density at radius 2 is 1.47 bits per heavy atom. The Labute approximate surface area is 301 Å². The number of hydrogen-bond acceptors (Lipinski definition) is 10. The molecular formula is C41H58O10. The van der Waals surface area contributed by atoms with E-state index in [0.29, 0.717) is 77.0 Å². The molecule has 8 aliphatic carbocycles. The Hall–Kier alpha value is -2.14. The Bertz CT molecular complexity index is 1640. The van der Waals surface area contributed by atoms with Crippen molar-refractivity contribution in [2.45, 2.75) is 147 Å². The van der Waals surface area contributed by atoms with E-state index >= 15 is 4.79 Å². The van der Waals surface area contributed by atoms with Crippen molar-refractivity contribution in [3.05, 3.63) is 11.6 Å². The van der Waals surface area contributed by atoms with Crippen LogP contribution in [0.25, 0.3) is 0 Å². The highest BCUT2D eigenvalue weighted by molar-refractivity contribution is 6.00. The summed E-state index contributed by atoms with van der Waals surface area (Å²) in [4.78, 5) is 57.2. The maximum absolute atomic E-state index is 15.1. The molecule has 0 saturated heterocycles. The van der Waals surface area contributed by atoms with Gasteiger partial charge in [-0.1, -0.05) is 31.9 Å². The summed E-state index contributed by atoms with van der Waals surface area (Å²) in [6, 6.07) is 0. The summed E-state index contributed by atoms with van der Waals surface area (Å²) in [7, 11) is 1.40. The van der Waals surface area contributed by atoms with E-state index in [0.717, 1.165) is 5.57 Å². The highest BCUT2D eigenvalue weighted by Crippen LogP contribution is 2.75. The smallest absolute Gasteiger partial charge is 0.313 e. The molecule has 7 saturated carbocycles. The van der Waals surface area contributed by atoms with Crippen molar-refractivity contribution in [1.29, 1.82) is 0 Å². The maximum Gasteiger partial charge on any atom is 0.313 e. The topological polar surface area (TPSA) is 168 Å². The van der Waals surface area contributed by atoms with Crippen molar-refractivity contribution < 1.29 is 49.1 Å². The Balaban J connectivity index is 1.10. The number of carbonyl (C=O) groups is 4. The number of aliphatic hydroxyl groups excluding tert-OH is 2. The zero-order valence-corrected chi connectivity index (χ0v) is 31.3. The van der Waals surface area contributed by atoms with Gasteiger partial charge in [0.15, 0.2) is 22.8 Å². The molecule has 0 amide bonds. The largest absolute Gasteiger partial charge is 0.469 e. The molecule has 0 radical (unpaired) electrons. The lowest BCUT2D eigenvalue weighted by molar-refractivity contribution is -0.256. The SMILES string of the molecule is COC(=O)[C@]1(C)CCC[C@]2(O)[C@@H]1CC[C@@]13C[C@@H](CC[C@@]12C)[C@](C)(OC(=O)[C@]1(C)CCC[C@@]2(C)C4=CC[C@@H]5[C@@H](O)[C@@]4(CC[C@H]12)C(=O)[C@]5(O)CO)C3=O. The average Bonchev–Trinajstić information content (AvgIpc) is 3.30. The first kappa shape index (κ1) is 35.9. The van der Waals surface area contributed by atoms with Crippen LogP contribution < -0.4 is 0 Å². The first-order chi connectivity index (χ1) is 23.8. The summed E-state index contributed by atoms with van der Waals surface area (Å²) >= 11 is 0. The second kappa shape index (κ2) is 10.5. The van der Waals surface area contributed by atoms with Gasteiger partial charge < -0.3 is 29.9 Å². The molecule has 0 aromatic heterocycles. The van der Waals surface area contributed by atoms with E-state index in [1.807, 2.05) is 19.9 Å². The summed E-state index contributed by atoms with van der Waals surface area (Å²) in [6.45, 7) is 9.04. The van der Waals surface area contributed by atoms with Crippen LogP contribution in [0.15, 0.2) is 11.6 Å². The Morgan fingerprint density at radius 3 is 2.14 bits per heavy atom. The van der Waals surface area contributed by atoms with E-state index in [9.17, 15) is 34.8 Å². The minimum absolute atomic E-state index is 0.0978. The standard InChI is InChI=1S/C41H58O10/c1-33-14-7-15-34(2,25(33)13-20-39-26(33)10-9-24(28(39)43)40(48,22-42)30(39)45)32(47)51-37(5)23-11-18-36(4)38(21-23,29(37)44)19-12-27-35(3,31(46)50-6)16-8-17-41(27,36)49/h10,23-25,27-28,42-43,48-49H,7-9,11-22H2,1-6H3/t23-,24-,25+,27-,28-,33-,34-,35-,36+,37+,38+,39+,40+,41+/m1/s1. The zero-order chi connectivity index (χ0) is 37.0. The van der Waals surface area contributed by atoms with Gasteiger partial charge in [-0.2, -0.15) is 0 Å². The minimum Gasteiger partial charge on any atom is -0.469 e. The number of esters is 2. The summed E-state index contributed by atoms with van der Waals surface area (Å²) in [5.74, 6) is -2.83. The van der Waals surface area contributed by atoms with Gasteiger partial charge in [0.1, 0.15) is 0 Å². The summed E-state index contributed by atoms with van der Waals surface area (Å²) in [5, 5.41) is 45.8. The molecule has 0 aliphatic heterocycles. The molecule has 10 heteroatoms. The second-order valence-corrected chi connectivity index (χ2v) is 19.5. The first-order valence-corrected chi connectivity index (χ1v) is 19.6. The average molecular weight is 711 g/mol. The molecule has 0 aromatic carbocycles. The van der Waals surface area contributed by atoms with Crippen LogP contribution in [0.5, 0.6) is 0 Å². The molecule has 51 heavy (non-hydrogen) atoms. The van der Waals surface area contributed by atoms with Crippen molar-refractivity contribution in [1.82, 2.24) is 0 Å². The highest BCUT2D eigenvalue weighted by atomic mass is 16.6. The zero-order valence-electron chi connectivity index (χ0n) is 31.3. The van der Waals surface area contributed by atoms with Gasteiger partial charge in [-0.05, 0) is 116 Å². The molecule has 8 aliphatic rings. The monoisotopic (exact) mass is 710 g/mol. The molecule has 0 heterocycles. The van der Waals surface area contributed by atoms with Gasteiger partial charge in [0.2, 0.25) is 0 Å². The molecular weight excluding hydrogens is 652 g/mol. The van der Waals surface area contributed by atoms with E-state index in [-0.39, 0.29) is 42.3 Å². The van der Waals surface area contributed by atoms with Crippen LogP contribution in [0.4, 0.5) is 0 Å². The number of allylic oxidation sites excluding steroid dienone is 1. The van der Waals surface area contributed by atoms with Crippen LogP contribution in [0, 0.1) is 56.2 Å². The van der Waals surface area contributed by atoms with Gasteiger partial charge in [-0.3, -0.25) is 19.2 Å². The number of ether oxygens (including phenoxy) is 2. The van der Waals surface area contributed by atoms with Gasteiger partial charge in [-0.15, -0.1) is 0 Å².